The fourth-order valence-electron chi connectivity index (χ4n) is 1.93. The van der Waals surface area contributed by atoms with E-state index in [-0.39, 0.29) is 5.78 Å². The molecule has 0 saturated carbocycles. The minimum Gasteiger partial charge on any atom is -0.465 e. The number of hydrogen-bond donors (Lipinski definition) is 0. The Morgan fingerprint density at radius 3 is 2.62 bits per heavy atom. The molecule has 0 aromatic carbocycles. The lowest BCUT2D eigenvalue weighted by molar-refractivity contribution is 0.0981. The molecule has 2 rings (SSSR count). The largest absolute Gasteiger partial charge is 0.465 e. The third kappa shape index (κ3) is 1.30. The third-order valence-electron chi connectivity index (χ3n) is 2.79. The Morgan fingerprint density at radius 2 is 1.85 bits per heavy atom. The average Bonchev–Trinajstić information content (AvgIpc) is 2.29. The maximum absolute atomic E-state index is 11.7. The number of furan rings is 1. The second-order valence-electron chi connectivity index (χ2n) is 3.71. The zero-order valence-electron chi connectivity index (χ0n) is 8.14. The van der Waals surface area contributed by atoms with Gasteiger partial charge in [0.1, 0.15) is 11.5 Å². The number of fused-ring (bicyclic) bond motifs is 1. The second-order valence-corrected chi connectivity index (χ2v) is 3.71. The molecular weight excluding hydrogens is 164 g/mol. The molecule has 0 bridgehead atoms. The molecule has 0 atom stereocenters. The monoisotopic (exact) mass is 178 g/mol. The summed E-state index contributed by atoms with van der Waals surface area (Å²) in [6, 6.07) is 0. The number of carbonyl (C=O) groups excluding carboxylic acids is 1. The van der Waals surface area contributed by atoms with Crippen molar-refractivity contribution in [3.63, 3.8) is 0 Å². The molecule has 70 valence electrons. The summed E-state index contributed by atoms with van der Waals surface area (Å²) >= 11 is 0. The molecule has 0 aliphatic heterocycles. The molecule has 2 nitrogen and oxygen atoms in total. The Balaban J connectivity index is 2.54. The van der Waals surface area contributed by atoms with Gasteiger partial charge in [-0.1, -0.05) is 0 Å². The van der Waals surface area contributed by atoms with E-state index < -0.39 is 0 Å². The van der Waals surface area contributed by atoms with E-state index in [4.69, 9.17) is 4.42 Å². The highest BCUT2D eigenvalue weighted by molar-refractivity contribution is 5.98. The maximum atomic E-state index is 11.7. The van der Waals surface area contributed by atoms with Crippen molar-refractivity contribution >= 4 is 5.78 Å². The average molecular weight is 178 g/mol. The predicted octanol–water partition coefficient (Wildman–Crippen LogP) is 2.81. The fraction of sp³-hybridized carbons (Fsp3) is 0.545. The molecule has 0 N–H and O–H groups in total. The Kier molecular flexibility index (Phi) is 1.98. The minimum atomic E-state index is 0.266. The first-order valence-electron chi connectivity index (χ1n) is 4.82. The Morgan fingerprint density at radius 1 is 1.15 bits per heavy atom. The first-order chi connectivity index (χ1) is 6.20. The zero-order valence-corrected chi connectivity index (χ0v) is 8.14. The first-order valence-corrected chi connectivity index (χ1v) is 4.82. The van der Waals surface area contributed by atoms with E-state index >= 15 is 0 Å². The molecule has 1 aromatic heterocycles. The van der Waals surface area contributed by atoms with Gasteiger partial charge in [-0.05, 0) is 26.7 Å². The van der Waals surface area contributed by atoms with Crippen LogP contribution in [0.15, 0.2) is 4.42 Å². The van der Waals surface area contributed by atoms with Crippen molar-refractivity contribution < 1.29 is 9.21 Å². The van der Waals surface area contributed by atoms with Gasteiger partial charge in [0.05, 0.1) is 5.56 Å². The molecule has 0 unspecified atom stereocenters. The van der Waals surface area contributed by atoms with Crippen LogP contribution in [0, 0.1) is 13.8 Å². The van der Waals surface area contributed by atoms with Gasteiger partial charge in [-0.3, -0.25) is 4.79 Å². The van der Waals surface area contributed by atoms with Gasteiger partial charge in [-0.2, -0.15) is 0 Å². The van der Waals surface area contributed by atoms with Gasteiger partial charge in [0, 0.05) is 18.4 Å². The quantitative estimate of drug-likeness (QED) is 0.572. The third-order valence-corrected chi connectivity index (χ3v) is 2.79. The molecule has 0 radical (unpaired) electrons. The van der Waals surface area contributed by atoms with Crippen LogP contribution >= 0.6 is 0 Å². The van der Waals surface area contributed by atoms with Crippen molar-refractivity contribution in [2.24, 2.45) is 0 Å². The molecule has 0 spiro atoms. The van der Waals surface area contributed by atoms with Crippen molar-refractivity contribution in [3.05, 3.63) is 22.6 Å². The van der Waals surface area contributed by atoms with E-state index in [0.29, 0.717) is 6.42 Å². The second kappa shape index (κ2) is 3.02. The number of rotatable bonds is 0. The van der Waals surface area contributed by atoms with Gasteiger partial charge in [-0.15, -0.1) is 0 Å². The smallest absolute Gasteiger partial charge is 0.166 e. The molecule has 2 heteroatoms. The summed E-state index contributed by atoms with van der Waals surface area (Å²) in [7, 11) is 0. The molecule has 1 aliphatic carbocycles. The number of Topliss-reactive ketones (excluding diaryl/α,β-unsaturated/α-hetero) is 1. The standard InChI is InChI=1S/C11H14O2/c1-7-8(2)13-10-6-4-3-5-9(12)11(7)10/h3-6H2,1-2H3. The van der Waals surface area contributed by atoms with Crippen molar-refractivity contribution in [3.8, 4) is 0 Å². The molecule has 0 amide bonds. The van der Waals surface area contributed by atoms with Gasteiger partial charge in [0.2, 0.25) is 0 Å². The highest BCUT2D eigenvalue weighted by Crippen LogP contribution is 2.27. The lowest BCUT2D eigenvalue weighted by atomic mass is 10.0. The van der Waals surface area contributed by atoms with Gasteiger partial charge in [-0.25, -0.2) is 0 Å². The van der Waals surface area contributed by atoms with Crippen molar-refractivity contribution in [1.29, 1.82) is 0 Å². The van der Waals surface area contributed by atoms with Crippen LogP contribution in [0.1, 0.15) is 46.7 Å². The Labute approximate surface area is 77.9 Å². The molecule has 0 saturated heterocycles. The summed E-state index contributed by atoms with van der Waals surface area (Å²) in [5.41, 5.74) is 1.91. The molecule has 1 heterocycles. The summed E-state index contributed by atoms with van der Waals surface area (Å²) in [5, 5.41) is 0. The van der Waals surface area contributed by atoms with Crippen LogP contribution in [0.5, 0.6) is 0 Å². The number of hydrogen-bond acceptors (Lipinski definition) is 2. The minimum absolute atomic E-state index is 0.266. The molecule has 0 fully saturated rings. The van der Waals surface area contributed by atoms with Gasteiger partial charge >= 0.3 is 0 Å². The number of carbonyl (C=O) groups is 1. The zero-order chi connectivity index (χ0) is 9.42. The van der Waals surface area contributed by atoms with Crippen molar-refractivity contribution in [2.75, 3.05) is 0 Å². The van der Waals surface area contributed by atoms with Crippen LogP contribution < -0.4 is 0 Å². The van der Waals surface area contributed by atoms with E-state index in [2.05, 4.69) is 0 Å². The SMILES string of the molecule is Cc1oc2c(c1C)C(=O)CCCC2. The summed E-state index contributed by atoms with van der Waals surface area (Å²) in [6.45, 7) is 3.90. The van der Waals surface area contributed by atoms with Crippen LogP contribution in [0.25, 0.3) is 0 Å². The van der Waals surface area contributed by atoms with E-state index in [0.717, 1.165) is 41.9 Å². The van der Waals surface area contributed by atoms with E-state index in [9.17, 15) is 4.79 Å². The van der Waals surface area contributed by atoms with Crippen LogP contribution in [0.2, 0.25) is 0 Å². The molecule has 1 aliphatic rings. The maximum Gasteiger partial charge on any atom is 0.166 e. The first kappa shape index (κ1) is 8.54. The molecular formula is C11H14O2. The molecule has 13 heavy (non-hydrogen) atoms. The van der Waals surface area contributed by atoms with Crippen LogP contribution in [0.4, 0.5) is 0 Å². The predicted molar refractivity (Wildman–Crippen MR) is 50.1 cm³/mol. The summed E-state index contributed by atoms with van der Waals surface area (Å²) in [4.78, 5) is 11.7. The van der Waals surface area contributed by atoms with E-state index in [1.54, 1.807) is 0 Å². The summed E-state index contributed by atoms with van der Waals surface area (Å²) < 4.78 is 5.57. The fourth-order valence-corrected chi connectivity index (χ4v) is 1.93. The van der Waals surface area contributed by atoms with E-state index in [1.807, 2.05) is 13.8 Å². The molecule has 1 aromatic rings. The number of aryl methyl sites for hydroxylation is 2. The van der Waals surface area contributed by atoms with Crippen LogP contribution in [-0.4, -0.2) is 5.78 Å². The highest BCUT2D eigenvalue weighted by atomic mass is 16.3. The van der Waals surface area contributed by atoms with Gasteiger partial charge in [0.15, 0.2) is 5.78 Å². The topological polar surface area (TPSA) is 30.2 Å². The number of ketones is 1. The normalized spacial score (nSPS) is 16.9. The lowest BCUT2D eigenvalue weighted by Crippen LogP contribution is -1.99. The van der Waals surface area contributed by atoms with Gasteiger partial charge < -0.3 is 4.42 Å². The van der Waals surface area contributed by atoms with Crippen LogP contribution in [-0.2, 0) is 6.42 Å². The van der Waals surface area contributed by atoms with Crippen molar-refractivity contribution in [2.45, 2.75) is 39.5 Å². The Hall–Kier alpha value is -1.05. The van der Waals surface area contributed by atoms with Gasteiger partial charge in [0.25, 0.3) is 0 Å². The Bertz CT molecular complexity index is 347. The lowest BCUT2D eigenvalue weighted by Gasteiger charge is -1.95. The summed E-state index contributed by atoms with van der Waals surface area (Å²) in [6.07, 6.45) is 3.69. The highest BCUT2D eigenvalue weighted by Gasteiger charge is 2.22. The van der Waals surface area contributed by atoms with Crippen LogP contribution in [0.3, 0.4) is 0 Å². The van der Waals surface area contributed by atoms with Crippen molar-refractivity contribution in [1.82, 2.24) is 0 Å². The van der Waals surface area contributed by atoms with E-state index in [1.165, 1.54) is 0 Å². The summed E-state index contributed by atoms with van der Waals surface area (Å²) in [5.74, 6) is 2.08.